The highest BCUT2D eigenvalue weighted by Crippen LogP contribution is 2.38. The third-order valence-corrected chi connectivity index (χ3v) is 5.83. The Morgan fingerprint density at radius 1 is 1.00 bits per heavy atom. The highest BCUT2D eigenvalue weighted by atomic mass is 32.2. The van der Waals surface area contributed by atoms with Crippen molar-refractivity contribution in [2.24, 2.45) is 0 Å². The Kier molecular flexibility index (Phi) is 4.50. The van der Waals surface area contributed by atoms with E-state index in [9.17, 15) is 9.59 Å². The summed E-state index contributed by atoms with van der Waals surface area (Å²) in [6.45, 7) is 4.44. The topological polar surface area (TPSA) is 43.4 Å². The molecule has 4 heteroatoms. The lowest BCUT2D eigenvalue weighted by atomic mass is 9.82. The first kappa shape index (κ1) is 16.8. The molecule has 1 heterocycles. The first-order valence-electron chi connectivity index (χ1n) is 7.86. The molecule has 2 aromatic carbocycles. The summed E-state index contributed by atoms with van der Waals surface area (Å²) in [5, 5.41) is 0. The predicted molar refractivity (Wildman–Crippen MR) is 96.8 cm³/mol. The van der Waals surface area contributed by atoms with Crippen LogP contribution in [0.2, 0.25) is 0 Å². The molecule has 24 heavy (non-hydrogen) atoms. The van der Waals surface area contributed by atoms with Crippen molar-refractivity contribution in [3.05, 3.63) is 70.3 Å². The average molecular weight is 340 g/mol. The van der Waals surface area contributed by atoms with Gasteiger partial charge >= 0.3 is 5.97 Å². The smallest absolute Gasteiger partial charge is 0.337 e. The number of ketones is 1. The molecule has 124 valence electrons. The fourth-order valence-corrected chi connectivity index (χ4v) is 4.25. The lowest BCUT2D eigenvalue weighted by molar-refractivity contribution is 0.0600. The van der Waals surface area contributed by atoms with Crippen LogP contribution in [-0.2, 0) is 15.9 Å². The van der Waals surface area contributed by atoms with Crippen molar-refractivity contribution >= 4 is 23.5 Å². The molecule has 1 aliphatic rings. The molecule has 0 saturated heterocycles. The Bertz CT molecular complexity index is 791. The molecule has 0 amide bonds. The molecule has 3 nitrogen and oxygen atoms in total. The number of ether oxygens (including phenoxy) is 1. The van der Waals surface area contributed by atoms with Crippen molar-refractivity contribution in [1.29, 1.82) is 0 Å². The minimum absolute atomic E-state index is 0.0248. The fraction of sp³-hybridized carbons (Fsp3) is 0.300. The predicted octanol–water partition coefficient (Wildman–Crippen LogP) is 4.23. The number of hydrogen-bond acceptors (Lipinski definition) is 4. The zero-order chi connectivity index (χ0) is 17.3. The van der Waals surface area contributed by atoms with E-state index in [4.69, 9.17) is 0 Å². The number of methoxy groups -OCH3 is 1. The summed E-state index contributed by atoms with van der Waals surface area (Å²) in [6.07, 6.45) is 0. The van der Waals surface area contributed by atoms with Crippen LogP contribution in [0.15, 0.2) is 42.5 Å². The number of fused-ring (bicyclic) bond motifs is 1. The number of carbonyl (C=O) groups is 2. The molecule has 1 aliphatic heterocycles. The van der Waals surface area contributed by atoms with Gasteiger partial charge in [0, 0.05) is 22.6 Å². The number of hydrogen-bond donors (Lipinski definition) is 0. The Morgan fingerprint density at radius 2 is 1.62 bits per heavy atom. The maximum absolute atomic E-state index is 12.8. The van der Waals surface area contributed by atoms with Gasteiger partial charge in [-0.05, 0) is 34.7 Å². The van der Waals surface area contributed by atoms with Crippen LogP contribution in [0.1, 0.15) is 51.3 Å². The second kappa shape index (κ2) is 6.44. The van der Waals surface area contributed by atoms with Crippen LogP contribution in [0.5, 0.6) is 0 Å². The molecule has 0 unspecified atom stereocenters. The van der Waals surface area contributed by atoms with Crippen LogP contribution in [0.4, 0.5) is 0 Å². The molecule has 0 fully saturated rings. The molecule has 0 saturated carbocycles. The highest BCUT2D eigenvalue weighted by Gasteiger charge is 2.28. The SMILES string of the molecule is COC(=O)c1ccc(C(=O)c2ccc3c(c2)C(C)(C)CSC3)cc1. The van der Waals surface area contributed by atoms with Crippen molar-refractivity contribution in [2.75, 3.05) is 12.9 Å². The van der Waals surface area contributed by atoms with Gasteiger partial charge in [0.2, 0.25) is 0 Å². The Labute approximate surface area is 146 Å². The maximum atomic E-state index is 12.8. The molecule has 0 spiro atoms. The summed E-state index contributed by atoms with van der Waals surface area (Å²) in [7, 11) is 1.34. The van der Waals surface area contributed by atoms with Gasteiger partial charge in [0.1, 0.15) is 0 Å². The third-order valence-electron chi connectivity index (χ3n) is 4.39. The summed E-state index contributed by atoms with van der Waals surface area (Å²) in [5.41, 5.74) is 4.36. The summed E-state index contributed by atoms with van der Waals surface area (Å²) in [6, 6.07) is 12.6. The number of thioether (sulfide) groups is 1. The summed E-state index contributed by atoms with van der Waals surface area (Å²) >= 11 is 1.93. The molecular weight excluding hydrogens is 320 g/mol. The Hall–Kier alpha value is -2.07. The molecule has 0 N–H and O–H groups in total. The largest absolute Gasteiger partial charge is 0.465 e. The van der Waals surface area contributed by atoms with E-state index in [-0.39, 0.29) is 11.2 Å². The Morgan fingerprint density at radius 3 is 2.29 bits per heavy atom. The van der Waals surface area contributed by atoms with Gasteiger partial charge in [-0.2, -0.15) is 11.8 Å². The number of benzene rings is 2. The van der Waals surface area contributed by atoms with Gasteiger partial charge < -0.3 is 4.74 Å². The number of esters is 1. The summed E-state index contributed by atoms with van der Waals surface area (Å²) in [5.74, 6) is 1.64. The fourth-order valence-electron chi connectivity index (χ4n) is 3.01. The zero-order valence-corrected chi connectivity index (χ0v) is 14.9. The number of carbonyl (C=O) groups excluding carboxylic acids is 2. The molecule has 2 aromatic rings. The lowest BCUT2D eigenvalue weighted by Crippen LogP contribution is -2.26. The third kappa shape index (κ3) is 3.11. The van der Waals surface area contributed by atoms with E-state index in [1.54, 1.807) is 24.3 Å². The molecule has 0 bridgehead atoms. The minimum Gasteiger partial charge on any atom is -0.465 e. The second-order valence-corrected chi connectivity index (χ2v) is 7.63. The van der Waals surface area contributed by atoms with Crippen LogP contribution >= 0.6 is 11.8 Å². The van der Waals surface area contributed by atoms with E-state index in [1.807, 2.05) is 23.9 Å². The first-order valence-corrected chi connectivity index (χ1v) is 9.02. The van der Waals surface area contributed by atoms with Gasteiger partial charge in [-0.3, -0.25) is 4.79 Å². The molecule has 0 aromatic heterocycles. The second-order valence-electron chi connectivity index (χ2n) is 6.65. The zero-order valence-electron chi connectivity index (χ0n) is 14.1. The minimum atomic E-state index is -0.401. The first-order chi connectivity index (χ1) is 11.4. The summed E-state index contributed by atoms with van der Waals surface area (Å²) < 4.78 is 4.68. The van der Waals surface area contributed by atoms with Gasteiger partial charge in [0.15, 0.2) is 5.78 Å². The van der Waals surface area contributed by atoms with Crippen LogP contribution in [0.25, 0.3) is 0 Å². The van der Waals surface area contributed by atoms with E-state index in [1.165, 1.54) is 18.2 Å². The van der Waals surface area contributed by atoms with E-state index in [2.05, 4.69) is 24.7 Å². The van der Waals surface area contributed by atoms with E-state index in [0.29, 0.717) is 16.7 Å². The van der Waals surface area contributed by atoms with Crippen molar-refractivity contribution < 1.29 is 14.3 Å². The normalized spacial score (nSPS) is 15.5. The summed E-state index contributed by atoms with van der Waals surface area (Å²) in [4.78, 5) is 24.3. The molecule has 0 atom stereocenters. The lowest BCUT2D eigenvalue weighted by Gasteiger charge is -2.32. The van der Waals surface area contributed by atoms with Crippen LogP contribution in [0.3, 0.4) is 0 Å². The van der Waals surface area contributed by atoms with Crippen molar-refractivity contribution in [3.8, 4) is 0 Å². The van der Waals surface area contributed by atoms with Gasteiger partial charge in [-0.15, -0.1) is 0 Å². The highest BCUT2D eigenvalue weighted by molar-refractivity contribution is 7.98. The van der Waals surface area contributed by atoms with Crippen molar-refractivity contribution in [2.45, 2.75) is 25.0 Å². The average Bonchev–Trinajstić information content (AvgIpc) is 2.60. The molecule has 3 rings (SSSR count). The van der Waals surface area contributed by atoms with Crippen LogP contribution in [0, 0.1) is 0 Å². The molecule has 0 aliphatic carbocycles. The maximum Gasteiger partial charge on any atom is 0.337 e. The van der Waals surface area contributed by atoms with Gasteiger partial charge in [-0.1, -0.05) is 38.1 Å². The number of rotatable bonds is 3. The van der Waals surface area contributed by atoms with E-state index >= 15 is 0 Å². The van der Waals surface area contributed by atoms with Gasteiger partial charge in [-0.25, -0.2) is 4.79 Å². The van der Waals surface area contributed by atoms with Gasteiger partial charge in [0.05, 0.1) is 12.7 Å². The standard InChI is InChI=1S/C20H20O3S/c1-20(2)12-24-11-16-9-8-15(10-17(16)20)18(21)13-4-6-14(7-5-13)19(22)23-3/h4-10H,11-12H2,1-3H3. The monoisotopic (exact) mass is 340 g/mol. The van der Waals surface area contributed by atoms with Crippen molar-refractivity contribution in [1.82, 2.24) is 0 Å². The van der Waals surface area contributed by atoms with Crippen LogP contribution in [-0.4, -0.2) is 24.6 Å². The van der Waals surface area contributed by atoms with Crippen LogP contribution < -0.4 is 0 Å². The van der Waals surface area contributed by atoms with Crippen molar-refractivity contribution in [3.63, 3.8) is 0 Å². The van der Waals surface area contributed by atoms with E-state index in [0.717, 1.165) is 11.5 Å². The van der Waals surface area contributed by atoms with E-state index < -0.39 is 5.97 Å². The Balaban J connectivity index is 1.92. The molecule has 0 radical (unpaired) electrons. The quantitative estimate of drug-likeness (QED) is 0.619. The molecular formula is C20H20O3S. The van der Waals surface area contributed by atoms with Gasteiger partial charge in [0.25, 0.3) is 0 Å².